The van der Waals surface area contributed by atoms with E-state index >= 15 is 0 Å². The van der Waals surface area contributed by atoms with Gasteiger partial charge in [-0.05, 0) is 80.8 Å². The van der Waals surface area contributed by atoms with Crippen molar-refractivity contribution in [3.63, 3.8) is 0 Å². The van der Waals surface area contributed by atoms with E-state index in [0.29, 0.717) is 34.7 Å². The van der Waals surface area contributed by atoms with Crippen LogP contribution in [0.1, 0.15) is 75.7 Å². The second-order valence-electron chi connectivity index (χ2n) is 8.37. The molecule has 0 atom stereocenters. The van der Waals surface area contributed by atoms with Gasteiger partial charge >= 0.3 is 0 Å². The van der Waals surface area contributed by atoms with Gasteiger partial charge in [-0.2, -0.15) is 0 Å². The van der Waals surface area contributed by atoms with Crippen molar-refractivity contribution in [1.29, 1.82) is 0 Å². The molecule has 0 radical (unpaired) electrons. The average molecular weight is 346 g/mol. The van der Waals surface area contributed by atoms with Crippen molar-refractivity contribution in [3.8, 4) is 0 Å². The van der Waals surface area contributed by atoms with Gasteiger partial charge in [0.15, 0.2) is 0 Å². The highest BCUT2D eigenvalue weighted by Crippen LogP contribution is 2.44. The molecule has 2 aliphatic rings. The molecule has 25 heavy (non-hydrogen) atoms. The Hall–Kier alpha value is -1.62. The van der Waals surface area contributed by atoms with Crippen LogP contribution < -0.4 is 28.7 Å². The van der Waals surface area contributed by atoms with Gasteiger partial charge in [-0.25, -0.2) is 0 Å². The number of nitrogens with two attached hydrogens (primary N) is 5. The molecular weight excluding hydrogens is 310 g/mol. The summed E-state index contributed by atoms with van der Waals surface area (Å²) < 4.78 is 0. The third kappa shape index (κ3) is 4.14. The standard InChI is InChI=1S/C20H35N5/c21-15-9-5-13(6-10-15)2-1-12-3-7-14(8-4-12)16-11-17(22)19(24)20(25)18(16)23/h11-15H,1-10,21-25H2. The summed E-state index contributed by atoms with van der Waals surface area (Å²) in [6.45, 7) is 0. The Balaban J connectivity index is 1.51. The highest BCUT2D eigenvalue weighted by atomic mass is 14.8. The van der Waals surface area contributed by atoms with Gasteiger partial charge in [0.1, 0.15) is 0 Å². The minimum atomic E-state index is 0.419. The summed E-state index contributed by atoms with van der Waals surface area (Å²) in [6.07, 6.45) is 12.8. The van der Waals surface area contributed by atoms with Gasteiger partial charge in [-0.3, -0.25) is 0 Å². The molecule has 0 aliphatic heterocycles. The second-order valence-corrected chi connectivity index (χ2v) is 8.37. The first kappa shape index (κ1) is 18.2. The first-order valence-electron chi connectivity index (χ1n) is 9.94. The Kier molecular flexibility index (Phi) is 5.62. The second kappa shape index (κ2) is 7.73. The minimum absolute atomic E-state index is 0.419. The van der Waals surface area contributed by atoms with Crippen LogP contribution in [0, 0.1) is 11.8 Å². The number of hydrogen-bond donors (Lipinski definition) is 5. The summed E-state index contributed by atoms with van der Waals surface area (Å²) in [6, 6.07) is 2.40. The minimum Gasteiger partial charge on any atom is -0.397 e. The fourth-order valence-corrected chi connectivity index (χ4v) is 4.83. The molecule has 5 heteroatoms. The summed E-state index contributed by atoms with van der Waals surface area (Å²) in [5, 5.41) is 0. The van der Waals surface area contributed by atoms with Gasteiger partial charge in [0.05, 0.1) is 22.7 Å². The average Bonchev–Trinajstić information content (AvgIpc) is 2.63. The molecular formula is C20H35N5. The molecule has 1 aromatic carbocycles. The lowest BCUT2D eigenvalue weighted by Gasteiger charge is -2.32. The molecule has 0 amide bonds. The molecule has 2 fully saturated rings. The first-order valence-corrected chi connectivity index (χ1v) is 9.94. The van der Waals surface area contributed by atoms with Crippen molar-refractivity contribution in [2.24, 2.45) is 17.6 Å². The molecule has 3 rings (SSSR count). The molecule has 5 nitrogen and oxygen atoms in total. The predicted molar refractivity (Wildman–Crippen MR) is 108 cm³/mol. The molecule has 2 saturated carbocycles. The Bertz CT molecular complexity index is 584. The van der Waals surface area contributed by atoms with E-state index in [1.54, 1.807) is 0 Å². The Morgan fingerprint density at radius 2 is 1.20 bits per heavy atom. The van der Waals surface area contributed by atoms with Crippen LogP contribution >= 0.6 is 0 Å². The zero-order valence-electron chi connectivity index (χ0n) is 15.3. The van der Waals surface area contributed by atoms with Gasteiger partial charge < -0.3 is 28.7 Å². The lowest BCUT2D eigenvalue weighted by atomic mass is 9.74. The fourth-order valence-electron chi connectivity index (χ4n) is 4.83. The molecule has 10 N–H and O–H groups in total. The van der Waals surface area contributed by atoms with Crippen LogP contribution in [0.15, 0.2) is 6.07 Å². The molecule has 2 aliphatic carbocycles. The van der Waals surface area contributed by atoms with Gasteiger partial charge in [-0.15, -0.1) is 0 Å². The quantitative estimate of drug-likeness (QED) is 0.532. The van der Waals surface area contributed by atoms with Crippen molar-refractivity contribution in [2.75, 3.05) is 22.9 Å². The fraction of sp³-hybridized carbons (Fsp3) is 0.700. The number of hydrogen-bond acceptors (Lipinski definition) is 5. The predicted octanol–water partition coefficient (Wildman–Crippen LogP) is 3.59. The molecule has 0 spiro atoms. The maximum absolute atomic E-state index is 6.21. The highest BCUT2D eigenvalue weighted by Gasteiger charge is 2.26. The topological polar surface area (TPSA) is 130 Å². The smallest absolute Gasteiger partial charge is 0.0805 e. The maximum atomic E-state index is 6.21. The van der Waals surface area contributed by atoms with E-state index in [1.165, 1.54) is 64.2 Å². The van der Waals surface area contributed by atoms with Crippen molar-refractivity contribution in [2.45, 2.75) is 76.2 Å². The van der Waals surface area contributed by atoms with E-state index in [4.69, 9.17) is 28.7 Å². The lowest BCUT2D eigenvalue weighted by Crippen LogP contribution is -2.26. The Morgan fingerprint density at radius 3 is 1.76 bits per heavy atom. The number of anilines is 4. The van der Waals surface area contributed by atoms with Gasteiger partial charge in [0.25, 0.3) is 0 Å². The van der Waals surface area contributed by atoms with Crippen LogP contribution in [0.3, 0.4) is 0 Å². The molecule has 0 aromatic heterocycles. The maximum Gasteiger partial charge on any atom is 0.0805 e. The molecule has 0 saturated heterocycles. The molecule has 0 heterocycles. The normalized spacial score (nSPS) is 30.3. The first-order chi connectivity index (χ1) is 12.0. The van der Waals surface area contributed by atoms with E-state index in [-0.39, 0.29) is 0 Å². The Labute approximate surface area is 151 Å². The van der Waals surface area contributed by atoms with Crippen LogP contribution in [-0.2, 0) is 0 Å². The van der Waals surface area contributed by atoms with Crippen molar-refractivity contribution < 1.29 is 0 Å². The van der Waals surface area contributed by atoms with Crippen LogP contribution in [0.5, 0.6) is 0 Å². The largest absolute Gasteiger partial charge is 0.397 e. The summed E-state index contributed by atoms with van der Waals surface area (Å²) in [5.74, 6) is 2.23. The Morgan fingerprint density at radius 1 is 0.680 bits per heavy atom. The van der Waals surface area contributed by atoms with Crippen molar-refractivity contribution >= 4 is 22.7 Å². The number of rotatable bonds is 4. The van der Waals surface area contributed by atoms with Crippen LogP contribution in [0.2, 0.25) is 0 Å². The third-order valence-corrected chi connectivity index (χ3v) is 6.67. The zero-order chi connectivity index (χ0) is 18.0. The molecule has 0 bridgehead atoms. The van der Waals surface area contributed by atoms with Crippen molar-refractivity contribution in [1.82, 2.24) is 0 Å². The summed E-state index contributed by atoms with van der Waals surface area (Å²) in [5.41, 5.74) is 33.3. The van der Waals surface area contributed by atoms with Crippen LogP contribution in [0.25, 0.3) is 0 Å². The third-order valence-electron chi connectivity index (χ3n) is 6.67. The summed E-state index contributed by atoms with van der Waals surface area (Å²) in [4.78, 5) is 0. The SMILES string of the molecule is Nc1cc(C2CCC(CCC3CCC(N)CC3)CC2)c(N)c(N)c1N. The van der Waals surface area contributed by atoms with E-state index in [9.17, 15) is 0 Å². The monoisotopic (exact) mass is 345 g/mol. The molecule has 0 unspecified atom stereocenters. The van der Waals surface area contributed by atoms with Gasteiger partial charge in [0.2, 0.25) is 0 Å². The lowest BCUT2D eigenvalue weighted by molar-refractivity contribution is 0.252. The van der Waals surface area contributed by atoms with Crippen LogP contribution in [-0.4, -0.2) is 6.04 Å². The van der Waals surface area contributed by atoms with Crippen molar-refractivity contribution in [3.05, 3.63) is 11.6 Å². The number of nitrogen functional groups attached to an aromatic ring is 4. The van der Waals surface area contributed by atoms with Crippen LogP contribution in [0.4, 0.5) is 22.7 Å². The van der Waals surface area contributed by atoms with E-state index < -0.39 is 0 Å². The summed E-state index contributed by atoms with van der Waals surface area (Å²) >= 11 is 0. The molecule has 140 valence electrons. The number of benzene rings is 1. The van der Waals surface area contributed by atoms with E-state index in [1.807, 2.05) is 6.07 Å². The zero-order valence-corrected chi connectivity index (χ0v) is 15.3. The highest BCUT2D eigenvalue weighted by molar-refractivity contribution is 5.88. The summed E-state index contributed by atoms with van der Waals surface area (Å²) in [7, 11) is 0. The van der Waals surface area contributed by atoms with E-state index in [0.717, 1.165) is 17.4 Å². The molecule has 1 aromatic rings. The van der Waals surface area contributed by atoms with Gasteiger partial charge in [-0.1, -0.05) is 12.8 Å². The van der Waals surface area contributed by atoms with Gasteiger partial charge in [0, 0.05) is 6.04 Å². The van der Waals surface area contributed by atoms with E-state index in [2.05, 4.69) is 0 Å².